The molecule has 0 spiro atoms. The standard InChI is InChI=1S/C16H13FN2/c17-14-6-3-7-15(13(14)10-18)19-16-9-8-11-4-1-2-5-12(11)16/h1-7,16,19H,8-9H2. The SMILES string of the molecule is N#Cc1c(F)cccc1NC1CCc2ccccc21. The lowest BCUT2D eigenvalue weighted by atomic mass is 10.1. The van der Waals surface area contributed by atoms with Crippen LogP contribution in [0.25, 0.3) is 0 Å². The molecule has 1 aliphatic carbocycles. The van der Waals surface area contributed by atoms with Crippen molar-refractivity contribution in [2.45, 2.75) is 18.9 Å². The first-order valence-corrected chi connectivity index (χ1v) is 6.32. The van der Waals surface area contributed by atoms with Gasteiger partial charge in [0.25, 0.3) is 0 Å². The molecule has 0 aromatic heterocycles. The molecule has 1 unspecified atom stereocenters. The Kier molecular flexibility index (Phi) is 2.92. The van der Waals surface area contributed by atoms with Crippen LogP contribution in [-0.4, -0.2) is 0 Å². The van der Waals surface area contributed by atoms with E-state index >= 15 is 0 Å². The molecule has 1 atom stereocenters. The fourth-order valence-electron chi connectivity index (χ4n) is 2.65. The van der Waals surface area contributed by atoms with Gasteiger partial charge in [-0.3, -0.25) is 0 Å². The van der Waals surface area contributed by atoms with Crippen molar-refractivity contribution in [3.8, 4) is 6.07 Å². The van der Waals surface area contributed by atoms with Crippen molar-refractivity contribution >= 4 is 5.69 Å². The molecule has 3 rings (SSSR count). The highest BCUT2D eigenvalue weighted by atomic mass is 19.1. The highest BCUT2D eigenvalue weighted by molar-refractivity contribution is 5.59. The number of aryl methyl sites for hydroxylation is 1. The van der Waals surface area contributed by atoms with Crippen LogP contribution in [0, 0.1) is 17.1 Å². The number of benzene rings is 2. The van der Waals surface area contributed by atoms with Crippen molar-refractivity contribution < 1.29 is 4.39 Å². The fourth-order valence-corrected chi connectivity index (χ4v) is 2.65. The second-order valence-electron chi connectivity index (χ2n) is 4.71. The quantitative estimate of drug-likeness (QED) is 0.882. The van der Waals surface area contributed by atoms with Gasteiger partial charge in [0.15, 0.2) is 0 Å². The van der Waals surface area contributed by atoms with E-state index in [4.69, 9.17) is 5.26 Å². The maximum Gasteiger partial charge on any atom is 0.143 e. The maximum atomic E-state index is 13.6. The molecule has 0 saturated heterocycles. The molecule has 0 saturated carbocycles. The molecule has 2 aromatic rings. The third-order valence-corrected chi connectivity index (χ3v) is 3.59. The van der Waals surface area contributed by atoms with Crippen molar-refractivity contribution in [3.05, 3.63) is 65.0 Å². The fraction of sp³-hybridized carbons (Fsp3) is 0.188. The van der Waals surface area contributed by atoms with Crippen LogP contribution in [0.5, 0.6) is 0 Å². The molecular formula is C16H13FN2. The Hall–Kier alpha value is -2.34. The molecule has 1 aliphatic rings. The van der Waals surface area contributed by atoms with Gasteiger partial charge in [-0.2, -0.15) is 5.26 Å². The van der Waals surface area contributed by atoms with Crippen LogP contribution in [0.3, 0.4) is 0 Å². The first-order chi connectivity index (χ1) is 9.29. The monoisotopic (exact) mass is 252 g/mol. The Morgan fingerprint density at radius 3 is 2.84 bits per heavy atom. The van der Waals surface area contributed by atoms with Crippen LogP contribution in [0.2, 0.25) is 0 Å². The molecule has 2 aromatic carbocycles. The summed E-state index contributed by atoms with van der Waals surface area (Å²) in [6, 6.07) is 15.0. The lowest BCUT2D eigenvalue weighted by Crippen LogP contribution is -2.08. The molecule has 0 amide bonds. The van der Waals surface area contributed by atoms with Gasteiger partial charge in [0.2, 0.25) is 0 Å². The largest absolute Gasteiger partial charge is 0.377 e. The number of halogens is 1. The van der Waals surface area contributed by atoms with Crippen molar-refractivity contribution in [3.63, 3.8) is 0 Å². The first-order valence-electron chi connectivity index (χ1n) is 6.32. The zero-order chi connectivity index (χ0) is 13.2. The van der Waals surface area contributed by atoms with E-state index in [9.17, 15) is 4.39 Å². The highest BCUT2D eigenvalue weighted by Crippen LogP contribution is 2.34. The average molecular weight is 252 g/mol. The summed E-state index contributed by atoms with van der Waals surface area (Å²) < 4.78 is 13.6. The molecular weight excluding hydrogens is 239 g/mol. The molecule has 19 heavy (non-hydrogen) atoms. The van der Waals surface area contributed by atoms with Crippen molar-refractivity contribution in [2.75, 3.05) is 5.32 Å². The highest BCUT2D eigenvalue weighted by Gasteiger charge is 2.22. The molecule has 1 N–H and O–H groups in total. The molecule has 94 valence electrons. The van der Waals surface area contributed by atoms with Crippen molar-refractivity contribution in [2.24, 2.45) is 0 Å². The summed E-state index contributed by atoms with van der Waals surface area (Å²) in [6.45, 7) is 0. The molecule has 0 bridgehead atoms. The zero-order valence-electron chi connectivity index (χ0n) is 10.4. The van der Waals surface area contributed by atoms with Gasteiger partial charge in [-0.25, -0.2) is 4.39 Å². The van der Waals surface area contributed by atoms with Gasteiger partial charge in [0.05, 0.1) is 11.7 Å². The summed E-state index contributed by atoms with van der Waals surface area (Å²) in [6.07, 6.45) is 1.99. The van der Waals surface area contributed by atoms with Crippen LogP contribution in [0.1, 0.15) is 29.2 Å². The molecule has 0 aliphatic heterocycles. The molecule has 0 radical (unpaired) electrons. The number of anilines is 1. The van der Waals surface area contributed by atoms with Crippen LogP contribution in [0.4, 0.5) is 10.1 Å². The Morgan fingerprint density at radius 2 is 2.00 bits per heavy atom. The number of hydrogen-bond acceptors (Lipinski definition) is 2. The van der Waals surface area contributed by atoms with Gasteiger partial charge in [-0.1, -0.05) is 30.3 Å². The number of fused-ring (bicyclic) bond motifs is 1. The second kappa shape index (κ2) is 4.74. The number of hydrogen-bond donors (Lipinski definition) is 1. The third-order valence-electron chi connectivity index (χ3n) is 3.59. The average Bonchev–Trinajstić information content (AvgIpc) is 2.83. The Balaban J connectivity index is 1.92. The Morgan fingerprint density at radius 1 is 1.16 bits per heavy atom. The van der Waals surface area contributed by atoms with E-state index in [2.05, 4.69) is 17.4 Å². The van der Waals surface area contributed by atoms with E-state index in [1.165, 1.54) is 17.2 Å². The summed E-state index contributed by atoms with van der Waals surface area (Å²) in [5.74, 6) is -0.473. The third kappa shape index (κ3) is 2.06. The summed E-state index contributed by atoms with van der Waals surface area (Å²) in [5, 5.41) is 12.3. The van der Waals surface area contributed by atoms with Crippen LogP contribution >= 0.6 is 0 Å². The Labute approximate surface area is 111 Å². The lowest BCUT2D eigenvalue weighted by molar-refractivity contribution is 0.623. The van der Waals surface area contributed by atoms with Gasteiger partial charge in [0.1, 0.15) is 17.4 Å². The van der Waals surface area contributed by atoms with Gasteiger partial charge in [-0.05, 0) is 36.1 Å². The van der Waals surface area contributed by atoms with E-state index < -0.39 is 5.82 Å². The van der Waals surface area contributed by atoms with Crippen molar-refractivity contribution in [1.29, 1.82) is 5.26 Å². The first kappa shape index (κ1) is 11.7. The lowest BCUT2D eigenvalue weighted by Gasteiger charge is -2.16. The topological polar surface area (TPSA) is 35.8 Å². The molecule has 0 fully saturated rings. The van der Waals surface area contributed by atoms with E-state index in [1.807, 2.05) is 18.2 Å². The number of nitrogens with zero attached hydrogens (tertiary/aromatic N) is 1. The minimum Gasteiger partial charge on any atom is -0.377 e. The predicted octanol–water partition coefficient (Wildman–Crippen LogP) is 3.80. The number of nitrogens with one attached hydrogen (secondary N) is 1. The minimum atomic E-state index is -0.473. The van der Waals surface area contributed by atoms with Gasteiger partial charge >= 0.3 is 0 Å². The number of nitriles is 1. The van der Waals surface area contributed by atoms with E-state index in [-0.39, 0.29) is 11.6 Å². The summed E-state index contributed by atoms with van der Waals surface area (Å²) >= 11 is 0. The normalized spacial score (nSPS) is 16.7. The van der Waals surface area contributed by atoms with E-state index in [0.717, 1.165) is 12.8 Å². The van der Waals surface area contributed by atoms with Crippen LogP contribution in [-0.2, 0) is 6.42 Å². The van der Waals surface area contributed by atoms with E-state index in [1.54, 1.807) is 12.1 Å². The van der Waals surface area contributed by atoms with Crippen LogP contribution < -0.4 is 5.32 Å². The second-order valence-corrected chi connectivity index (χ2v) is 4.71. The summed E-state index contributed by atoms with van der Waals surface area (Å²) in [4.78, 5) is 0. The smallest absolute Gasteiger partial charge is 0.143 e. The maximum absolute atomic E-state index is 13.6. The predicted molar refractivity (Wildman–Crippen MR) is 72.2 cm³/mol. The van der Waals surface area contributed by atoms with Crippen molar-refractivity contribution in [1.82, 2.24) is 0 Å². The molecule has 3 heteroatoms. The van der Waals surface area contributed by atoms with E-state index in [0.29, 0.717) is 5.69 Å². The van der Waals surface area contributed by atoms with Gasteiger partial charge in [-0.15, -0.1) is 0 Å². The summed E-state index contributed by atoms with van der Waals surface area (Å²) in [5.41, 5.74) is 3.24. The molecule has 2 nitrogen and oxygen atoms in total. The Bertz CT molecular complexity index is 658. The zero-order valence-corrected chi connectivity index (χ0v) is 10.4. The van der Waals surface area contributed by atoms with Crippen LogP contribution in [0.15, 0.2) is 42.5 Å². The summed E-state index contributed by atoms with van der Waals surface area (Å²) in [7, 11) is 0. The number of rotatable bonds is 2. The molecule has 0 heterocycles. The minimum absolute atomic E-state index is 0.0897. The van der Waals surface area contributed by atoms with Gasteiger partial charge < -0.3 is 5.32 Å². The van der Waals surface area contributed by atoms with Gasteiger partial charge in [0, 0.05) is 0 Å².